The molecule has 1 saturated heterocycles. The molecule has 2 aliphatic rings. The largest absolute Gasteiger partial charge is 0.456 e. The van der Waals surface area contributed by atoms with E-state index < -0.39 is 15.8 Å². The molecule has 1 saturated carbocycles. The van der Waals surface area contributed by atoms with E-state index in [1.165, 1.54) is 12.1 Å². The van der Waals surface area contributed by atoms with E-state index in [1.807, 2.05) is 11.8 Å². The third-order valence-corrected chi connectivity index (χ3v) is 7.78. The highest BCUT2D eigenvalue weighted by atomic mass is 32.2. The maximum absolute atomic E-state index is 12.6. The average molecular weight is 422 g/mol. The molecule has 1 heterocycles. The Morgan fingerprint density at radius 1 is 1.14 bits per heavy atom. The van der Waals surface area contributed by atoms with Crippen molar-refractivity contribution >= 4 is 21.7 Å². The highest BCUT2D eigenvalue weighted by Gasteiger charge is 2.50. The molecular formula is C22H31NO5S. The number of fused-ring (bicyclic) bond motifs is 2. The Kier molecular flexibility index (Phi) is 5.82. The number of amides is 1. The second-order valence-corrected chi connectivity index (χ2v) is 11.9. The van der Waals surface area contributed by atoms with E-state index in [4.69, 9.17) is 4.74 Å². The highest BCUT2D eigenvalue weighted by molar-refractivity contribution is 7.91. The Balaban J connectivity index is 1.50. The molecule has 0 radical (unpaired) electrons. The Morgan fingerprint density at radius 3 is 2.45 bits per heavy atom. The van der Waals surface area contributed by atoms with Crippen molar-refractivity contribution in [2.24, 2.45) is 10.8 Å². The van der Waals surface area contributed by atoms with Gasteiger partial charge in [-0.25, -0.2) is 8.42 Å². The van der Waals surface area contributed by atoms with Gasteiger partial charge in [-0.05, 0) is 49.1 Å². The van der Waals surface area contributed by atoms with Crippen LogP contribution in [0, 0.1) is 17.8 Å². The molecule has 160 valence electrons. The van der Waals surface area contributed by atoms with Gasteiger partial charge in [0.15, 0.2) is 16.4 Å². The molecule has 7 heteroatoms. The molecule has 0 aromatic heterocycles. The van der Waals surface area contributed by atoms with Gasteiger partial charge in [0.25, 0.3) is 5.91 Å². The van der Waals surface area contributed by atoms with Crippen LogP contribution in [0.4, 0.5) is 0 Å². The van der Waals surface area contributed by atoms with Crippen LogP contribution in [0.5, 0.6) is 0 Å². The first kappa shape index (κ1) is 21.8. The van der Waals surface area contributed by atoms with E-state index in [9.17, 15) is 18.0 Å². The van der Waals surface area contributed by atoms with E-state index in [1.54, 1.807) is 12.1 Å². The molecule has 1 aliphatic heterocycles. The number of rotatable bonds is 6. The minimum Gasteiger partial charge on any atom is -0.456 e. The monoisotopic (exact) mass is 421 g/mol. The summed E-state index contributed by atoms with van der Waals surface area (Å²) in [5.74, 6) is -1.18. The number of sulfone groups is 1. The van der Waals surface area contributed by atoms with Gasteiger partial charge in [0.05, 0.1) is 17.1 Å². The summed E-state index contributed by atoms with van der Waals surface area (Å²) in [7, 11) is -3.56. The zero-order valence-electron chi connectivity index (χ0n) is 17.7. The van der Waals surface area contributed by atoms with Gasteiger partial charge in [0.1, 0.15) is 0 Å². The number of esters is 1. The fraction of sp³-hybridized carbons (Fsp3) is 0.636. The van der Waals surface area contributed by atoms with E-state index in [0.29, 0.717) is 6.54 Å². The van der Waals surface area contributed by atoms with Crippen LogP contribution in [0.1, 0.15) is 52.0 Å². The first-order chi connectivity index (χ1) is 13.4. The Hall–Kier alpha value is -1.89. The lowest BCUT2D eigenvalue weighted by atomic mass is 9.65. The lowest BCUT2D eigenvalue weighted by Gasteiger charge is -2.39. The molecule has 29 heavy (non-hydrogen) atoms. The van der Waals surface area contributed by atoms with Crippen molar-refractivity contribution in [3.8, 4) is 0 Å². The van der Waals surface area contributed by atoms with Gasteiger partial charge < -0.3 is 9.64 Å². The third-order valence-electron chi connectivity index (χ3n) is 6.05. The second kappa shape index (κ2) is 7.74. The number of likely N-dealkylation sites (tertiary alicyclic amines) is 1. The fourth-order valence-corrected chi connectivity index (χ4v) is 6.35. The lowest BCUT2D eigenvalue weighted by molar-refractivity contribution is -0.152. The Morgan fingerprint density at radius 2 is 1.79 bits per heavy atom. The lowest BCUT2D eigenvalue weighted by Crippen LogP contribution is -2.39. The number of hydrogen-bond acceptors (Lipinski definition) is 5. The molecule has 6 nitrogen and oxygen atoms in total. The van der Waals surface area contributed by atoms with Crippen LogP contribution in [0.3, 0.4) is 0 Å². The number of carbonyl (C=O) groups is 2. The molecule has 1 aromatic carbocycles. The summed E-state index contributed by atoms with van der Waals surface area (Å²) in [5.41, 5.74) is 1.28. The predicted molar refractivity (Wildman–Crippen MR) is 110 cm³/mol. The fourth-order valence-electron chi connectivity index (χ4n) is 5.13. The zero-order valence-corrected chi connectivity index (χ0v) is 18.5. The zero-order chi connectivity index (χ0) is 21.4. The number of hydrogen-bond donors (Lipinski definition) is 0. The quantitative estimate of drug-likeness (QED) is 0.659. The summed E-state index contributed by atoms with van der Waals surface area (Å²) in [6.07, 6.45) is 2.76. The smallest absolute Gasteiger partial charge is 0.307 e. The number of nitrogens with zero attached hydrogens (tertiary/aromatic N) is 1. The Bertz CT molecular complexity index is 890. The average Bonchev–Trinajstić information content (AvgIpc) is 2.87. The van der Waals surface area contributed by atoms with Crippen LogP contribution < -0.4 is 0 Å². The first-order valence-electron chi connectivity index (χ1n) is 10.1. The number of ether oxygens (including phenoxy) is 1. The van der Waals surface area contributed by atoms with Crippen molar-refractivity contribution in [2.45, 2.75) is 64.3 Å². The van der Waals surface area contributed by atoms with Gasteiger partial charge in [-0.2, -0.15) is 0 Å². The SMILES string of the molecule is Cc1ccc(S(=O)(=O)CCC(=O)OCC(=O)N2C[C@]3(C)C[C@H]2CC(C)(C)C3)cc1. The van der Waals surface area contributed by atoms with Gasteiger partial charge in [-0.1, -0.05) is 38.5 Å². The summed E-state index contributed by atoms with van der Waals surface area (Å²) in [5, 5.41) is 0. The summed E-state index contributed by atoms with van der Waals surface area (Å²) in [6, 6.07) is 6.70. The summed E-state index contributed by atoms with van der Waals surface area (Å²) in [4.78, 5) is 26.7. The van der Waals surface area contributed by atoms with Gasteiger partial charge >= 0.3 is 5.97 Å². The second-order valence-electron chi connectivity index (χ2n) is 9.78. The van der Waals surface area contributed by atoms with Crippen LogP contribution in [-0.4, -0.2) is 50.1 Å². The molecule has 1 aliphatic carbocycles. The van der Waals surface area contributed by atoms with Crippen molar-refractivity contribution in [2.75, 3.05) is 18.9 Å². The van der Waals surface area contributed by atoms with Crippen molar-refractivity contribution in [3.05, 3.63) is 29.8 Å². The summed E-state index contributed by atoms with van der Waals surface area (Å²) >= 11 is 0. The van der Waals surface area contributed by atoms with E-state index in [0.717, 1.165) is 24.8 Å². The van der Waals surface area contributed by atoms with Gasteiger partial charge in [-0.15, -0.1) is 0 Å². The maximum Gasteiger partial charge on any atom is 0.307 e. The molecule has 0 spiro atoms. The Labute approximate surface area is 173 Å². The summed E-state index contributed by atoms with van der Waals surface area (Å²) < 4.78 is 29.8. The molecule has 2 atom stereocenters. The minimum atomic E-state index is -3.56. The summed E-state index contributed by atoms with van der Waals surface area (Å²) in [6.45, 7) is 8.94. The van der Waals surface area contributed by atoms with Crippen LogP contribution in [-0.2, 0) is 24.2 Å². The van der Waals surface area contributed by atoms with E-state index in [2.05, 4.69) is 20.8 Å². The molecule has 1 aromatic rings. The van der Waals surface area contributed by atoms with Crippen LogP contribution in [0.25, 0.3) is 0 Å². The van der Waals surface area contributed by atoms with Crippen LogP contribution in [0.2, 0.25) is 0 Å². The molecule has 2 bridgehead atoms. The molecular weight excluding hydrogens is 390 g/mol. The molecule has 3 rings (SSSR count). The number of carbonyl (C=O) groups excluding carboxylic acids is 2. The van der Waals surface area contributed by atoms with Crippen molar-refractivity contribution < 1.29 is 22.7 Å². The topological polar surface area (TPSA) is 80.7 Å². The van der Waals surface area contributed by atoms with Gasteiger partial charge in [0, 0.05) is 12.6 Å². The van der Waals surface area contributed by atoms with Crippen molar-refractivity contribution in [1.82, 2.24) is 4.90 Å². The van der Waals surface area contributed by atoms with Gasteiger partial charge in [-0.3, -0.25) is 9.59 Å². The first-order valence-corrected chi connectivity index (χ1v) is 11.8. The van der Waals surface area contributed by atoms with Gasteiger partial charge in [0.2, 0.25) is 0 Å². The highest BCUT2D eigenvalue weighted by Crippen LogP contribution is 2.52. The molecule has 2 fully saturated rings. The standard InChI is InChI=1S/C22H31NO5S/c1-16-5-7-18(8-6-16)29(26,27)10-9-20(25)28-13-19(24)23-15-22(4)12-17(23)11-21(2,3)14-22/h5-8,17H,9-15H2,1-4H3/t17-,22-/m1/s1. The number of benzene rings is 1. The number of aryl methyl sites for hydroxylation is 1. The third kappa shape index (κ3) is 5.18. The van der Waals surface area contributed by atoms with Crippen molar-refractivity contribution in [3.63, 3.8) is 0 Å². The molecule has 1 amide bonds. The minimum absolute atomic E-state index is 0.119. The van der Waals surface area contributed by atoms with Crippen molar-refractivity contribution in [1.29, 1.82) is 0 Å². The molecule has 0 unspecified atom stereocenters. The molecule has 0 N–H and O–H groups in total. The van der Waals surface area contributed by atoms with E-state index in [-0.39, 0.29) is 46.5 Å². The van der Waals surface area contributed by atoms with E-state index >= 15 is 0 Å². The maximum atomic E-state index is 12.6. The van der Waals surface area contributed by atoms with Crippen LogP contribution >= 0.6 is 0 Å². The normalized spacial score (nSPS) is 25.7. The van der Waals surface area contributed by atoms with Crippen LogP contribution in [0.15, 0.2) is 29.2 Å². The predicted octanol–water partition coefficient (Wildman–Crippen LogP) is 3.13.